The number of aromatic nitrogens is 4. The van der Waals surface area contributed by atoms with Crippen LogP contribution in [0.1, 0.15) is 37.6 Å². The van der Waals surface area contributed by atoms with E-state index in [4.69, 9.17) is 0 Å². The van der Waals surface area contributed by atoms with Crippen LogP contribution in [0.2, 0.25) is 0 Å². The molecule has 0 saturated carbocycles. The number of H-pyrrole nitrogens is 1. The van der Waals surface area contributed by atoms with E-state index >= 15 is 0 Å². The summed E-state index contributed by atoms with van der Waals surface area (Å²) >= 11 is 0. The molecule has 0 bridgehead atoms. The Morgan fingerprint density at radius 1 is 1.09 bits per heavy atom. The van der Waals surface area contributed by atoms with Crippen LogP contribution in [0, 0.1) is 5.82 Å². The molecule has 7 heteroatoms. The molecule has 0 saturated heterocycles. The Labute approximate surface area is 190 Å². The summed E-state index contributed by atoms with van der Waals surface area (Å²) in [6.07, 6.45) is 4.44. The van der Waals surface area contributed by atoms with E-state index in [9.17, 15) is 9.18 Å². The predicted molar refractivity (Wildman–Crippen MR) is 129 cm³/mol. The van der Waals surface area contributed by atoms with Gasteiger partial charge in [0.15, 0.2) is 5.82 Å². The van der Waals surface area contributed by atoms with E-state index in [1.807, 2.05) is 61.5 Å². The van der Waals surface area contributed by atoms with Gasteiger partial charge in [0.2, 0.25) is 0 Å². The zero-order valence-electron chi connectivity index (χ0n) is 18.5. The summed E-state index contributed by atoms with van der Waals surface area (Å²) in [6, 6.07) is 17.3. The van der Waals surface area contributed by atoms with Gasteiger partial charge in [-0.05, 0) is 42.5 Å². The average molecular weight is 442 g/mol. The van der Waals surface area contributed by atoms with Crippen molar-refractivity contribution in [2.24, 2.45) is 0 Å². The molecular weight excluding hydrogens is 417 g/mol. The van der Waals surface area contributed by atoms with Gasteiger partial charge < -0.3 is 10.3 Å². The van der Waals surface area contributed by atoms with Crippen LogP contribution in [0.15, 0.2) is 71.9 Å². The zero-order chi connectivity index (χ0) is 22.9. The van der Waals surface area contributed by atoms with E-state index in [0.29, 0.717) is 16.9 Å². The second-order valence-electron chi connectivity index (χ2n) is 8.13. The minimum Gasteiger partial charge on any atom is -0.361 e. The Kier molecular flexibility index (Phi) is 5.38. The third kappa shape index (κ3) is 3.65. The molecular formula is C26H24FN5O. The van der Waals surface area contributed by atoms with Crippen molar-refractivity contribution in [2.45, 2.75) is 32.7 Å². The molecule has 6 nitrogen and oxygen atoms in total. The van der Waals surface area contributed by atoms with Gasteiger partial charge in [-0.1, -0.05) is 49.7 Å². The number of hydrogen-bond acceptors (Lipinski definition) is 4. The highest BCUT2D eigenvalue weighted by Gasteiger charge is 2.20. The van der Waals surface area contributed by atoms with Crippen molar-refractivity contribution in [1.82, 2.24) is 19.5 Å². The van der Waals surface area contributed by atoms with Gasteiger partial charge in [-0.2, -0.15) is 0 Å². The fraction of sp³-hybridized carbons (Fsp3) is 0.192. The number of pyridine rings is 1. The zero-order valence-corrected chi connectivity index (χ0v) is 18.5. The smallest absolute Gasteiger partial charge is 0.263 e. The van der Waals surface area contributed by atoms with Crippen LogP contribution < -0.4 is 10.9 Å². The second kappa shape index (κ2) is 8.50. The van der Waals surface area contributed by atoms with Crippen molar-refractivity contribution in [3.05, 3.63) is 94.5 Å². The first kappa shape index (κ1) is 20.9. The molecule has 0 unspecified atom stereocenters. The average Bonchev–Trinajstić information content (AvgIpc) is 3.21. The first-order chi connectivity index (χ1) is 16.1. The first-order valence-electron chi connectivity index (χ1n) is 11.1. The number of aromatic amines is 1. The number of fused-ring (bicyclic) bond motifs is 2. The standard InChI is InChI=1S/C26H24FN5O/c1-3-8-17-9-7-10-18-13-21(32(26(33)22(17)18)19-11-5-4-6-12-19)16(2)31-25-23-20(27)14-28-24(23)29-15-30-25/h4-7,9-16H,3,8H2,1-2H3,(H2,28,29,30,31)/t16-/m0/s1. The van der Waals surface area contributed by atoms with Crippen LogP contribution in [0.3, 0.4) is 0 Å². The number of halogens is 1. The highest BCUT2D eigenvalue weighted by atomic mass is 19.1. The van der Waals surface area contributed by atoms with Crippen LogP contribution in [-0.2, 0) is 6.42 Å². The Hall–Kier alpha value is -4.00. The minimum atomic E-state index is -0.427. The summed E-state index contributed by atoms with van der Waals surface area (Å²) in [7, 11) is 0. The molecule has 0 radical (unpaired) electrons. The number of benzene rings is 2. The van der Waals surface area contributed by atoms with E-state index in [2.05, 4.69) is 27.2 Å². The van der Waals surface area contributed by atoms with Gasteiger partial charge >= 0.3 is 0 Å². The van der Waals surface area contributed by atoms with Gasteiger partial charge in [0.1, 0.15) is 17.8 Å². The van der Waals surface area contributed by atoms with Gasteiger partial charge in [-0.25, -0.2) is 14.4 Å². The van der Waals surface area contributed by atoms with Gasteiger partial charge in [-0.3, -0.25) is 9.36 Å². The van der Waals surface area contributed by atoms with Gasteiger partial charge in [0.05, 0.1) is 16.8 Å². The fourth-order valence-electron chi connectivity index (χ4n) is 4.41. The third-order valence-electron chi connectivity index (χ3n) is 5.91. The summed E-state index contributed by atoms with van der Waals surface area (Å²) in [5.74, 6) is -0.0541. The molecule has 2 N–H and O–H groups in total. The third-order valence-corrected chi connectivity index (χ3v) is 5.91. The molecule has 3 aromatic heterocycles. The lowest BCUT2D eigenvalue weighted by Gasteiger charge is -2.22. The maximum absolute atomic E-state index is 14.4. The van der Waals surface area contributed by atoms with Crippen LogP contribution in [0.25, 0.3) is 27.5 Å². The SMILES string of the molecule is CCCc1cccc2cc([C@H](C)Nc3ncnc4[nH]cc(F)c34)n(-c3ccccc3)c(=O)c12. The number of anilines is 1. The molecule has 0 spiro atoms. The summed E-state index contributed by atoms with van der Waals surface area (Å²) in [6.45, 7) is 4.05. The molecule has 1 atom stereocenters. The van der Waals surface area contributed by atoms with Crippen molar-refractivity contribution in [2.75, 3.05) is 5.32 Å². The van der Waals surface area contributed by atoms with Gasteiger partial charge in [-0.15, -0.1) is 0 Å². The van der Waals surface area contributed by atoms with Crippen molar-refractivity contribution in [1.29, 1.82) is 0 Å². The summed E-state index contributed by atoms with van der Waals surface area (Å²) in [4.78, 5) is 25.0. The minimum absolute atomic E-state index is 0.0629. The molecule has 0 fully saturated rings. The predicted octanol–water partition coefficient (Wildman–Crippen LogP) is 5.53. The molecule has 0 amide bonds. The van der Waals surface area contributed by atoms with Crippen molar-refractivity contribution in [3.8, 4) is 5.69 Å². The van der Waals surface area contributed by atoms with Crippen molar-refractivity contribution >= 4 is 27.6 Å². The number of rotatable bonds is 6. The van der Waals surface area contributed by atoms with E-state index in [1.54, 1.807) is 4.57 Å². The Balaban J connectivity index is 1.71. The number of nitrogens with one attached hydrogen (secondary N) is 2. The van der Waals surface area contributed by atoms with Crippen molar-refractivity contribution in [3.63, 3.8) is 0 Å². The fourth-order valence-corrected chi connectivity index (χ4v) is 4.41. The lowest BCUT2D eigenvalue weighted by atomic mass is 10.0. The normalized spacial score (nSPS) is 12.3. The second-order valence-corrected chi connectivity index (χ2v) is 8.13. The Bertz CT molecular complexity index is 1510. The highest BCUT2D eigenvalue weighted by molar-refractivity contribution is 5.88. The van der Waals surface area contributed by atoms with E-state index in [0.717, 1.165) is 40.6 Å². The Morgan fingerprint density at radius 2 is 1.91 bits per heavy atom. The van der Waals surface area contributed by atoms with Crippen LogP contribution in [-0.4, -0.2) is 19.5 Å². The molecule has 5 aromatic rings. The number of para-hydroxylation sites is 1. The van der Waals surface area contributed by atoms with Crippen LogP contribution >= 0.6 is 0 Å². The highest BCUT2D eigenvalue weighted by Crippen LogP contribution is 2.28. The molecule has 0 aliphatic carbocycles. The monoisotopic (exact) mass is 441 g/mol. The molecule has 33 heavy (non-hydrogen) atoms. The van der Waals surface area contributed by atoms with Crippen LogP contribution in [0.5, 0.6) is 0 Å². The molecule has 3 heterocycles. The van der Waals surface area contributed by atoms with E-state index < -0.39 is 5.82 Å². The summed E-state index contributed by atoms with van der Waals surface area (Å²) in [5, 5.41) is 5.22. The van der Waals surface area contributed by atoms with Gasteiger partial charge in [0, 0.05) is 17.6 Å². The largest absolute Gasteiger partial charge is 0.361 e. The molecule has 0 aliphatic heterocycles. The van der Waals surface area contributed by atoms with Crippen LogP contribution in [0.4, 0.5) is 10.2 Å². The summed E-state index contributed by atoms with van der Waals surface area (Å²) in [5.41, 5.74) is 2.94. The lowest BCUT2D eigenvalue weighted by Crippen LogP contribution is -2.26. The maximum Gasteiger partial charge on any atom is 0.263 e. The first-order valence-corrected chi connectivity index (χ1v) is 11.1. The molecule has 2 aromatic carbocycles. The lowest BCUT2D eigenvalue weighted by molar-refractivity contribution is 0.639. The molecule has 5 rings (SSSR count). The van der Waals surface area contributed by atoms with Gasteiger partial charge in [0.25, 0.3) is 5.56 Å². The van der Waals surface area contributed by atoms with Crippen molar-refractivity contribution < 1.29 is 4.39 Å². The maximum atomic E-state index is 14.4. The number of nitrogens with zero attached hydrogens (tertiary/aromatic N) is 3. The number of aryl methyl sites for hydroxylation is 1. The molecule has 0 aliphatic rings. The van der Waals surface area contributed by atoms with E-state index in [-0.39, 0.29) is 11.6 Å². The summed E-state index contributed by atoms with van der Waals surface area (Å²) < 4.78 is 16.1. The molecule has 166 valence electrons. The topological polar surface area (TPSA) is 75.6 Å². The number of hydrogen-bond donors (Lipinski definition) is 2. The quantitative estimate of drug-likeness (QED) is 0.363. The Morgan fingerprint density at radius 3 is 2.70 bits per heavy atom. The van der Waals surface area contributed by atoms with E-state index in [1.165, 1.54) is 12.5 Å².